The van der Waals surface area contributed by atoms with Gasteiger partial charge in [-0.05, 0) is 70.6 Å². The van der Waals surface area contributed by atoms with Crippen LogP contribution in [-0.4, -0.2) is 47.4 Å². The van der Waals surface area contributed by atoms with Crippen molar-refractivity contribution in [3.63, 3.8) is 0 Å². The Kier molecular flexibility index (Phi) is 41.3. The molecule has 0 spiro atoms. The van der Waals surface area contributed by atoms with Gasteiger partial charge in [0.05, 0.1) is 25.4 Å². The average molecular weight is 746 g/mol. The molecule has 0 bridgehead atoms. The van der Waals surface area contributed by atoms with Crippen molar-refractivity contribution >= 4 is 11.9 Å². The second-order valence-corrected chi connectivity index (χ2v) is 15.4. The van der Waals surface area contributed by atoms with Gasteiger partial charge in [-0.1, -0.05) is 179 Å². The van der Waals surface area contributed by atoms with Gasteiger partial charge in [-0.2, -0.15) is 0 Å². The van der Waals surface area contributed by atoms with Crippen molar-refractivity contribution in [3.8, 4) is 0 Å². The van der Waals surface area contributed by atoms with E-state index in [4.69, 9.17) is 4.74 Å². The molecule has 0 rings (SSSR count). The largest absolute Gasteiger partial charge is 0.466 e. The Hall–Kier alpha value is -1.92. The van der Waals surface area contributed by atoms with Gasteiger partial charge in [0.25, 0.3) is 0 Å². The average Bonchev–Trinajstić information content (AvgIpc) is 3.16. The lowest BCUT2D eigenvalue weighted by molar-refractivity contribution is -0.143. The fraction of sp³-hybridized carbons (Fsp3) is 0.830. The standard InChI is InChI=1S/C47H87NO5/c1-3-5-7-9-11-13-15-16-17-18-19-21-23-27-31-35-39-45(50)44(43-49)48-46(51)40-36-32-28-24-22-26-30-34-38-42-53-47(52)41-37-33-29-25-20-14-12-10-8-6-4-2/h10,12,24,28,35,39,44-45,49-50H,3-9,11,13-23,25-27,29-34,36-38,40-43H2,1-2H3,(H,48,51)/b12-10-,28-24-,39-35+. The molecule has 6 heteroatoms. The van der Waals surface area contributed by atoms with Crippen LogP contribution in [0.3, 0.4) is 0 Å². The van der Waals surface area contributed by atoms with Crippen LogP contribution in [0.25, 0.3) is 0 Å². The van der Waals surface area contributed by atoms with Crippen LogP contribution in [0.4, 0.5) is 0 Å². The molecule has 2 unspecified atom stereocenters. The minimum Gasteiger partial charge on any atom is -0.466 e. The fourth-order valence-corrected chi connectivity index (χ4v) is 6.56. The van der Waals surface area contributed by atoms with Crippen LogP contribution in [0.2, 0.25) is 0 Å². The number of carbonyl (C=O) groups is 2. The molecule has 0 aliphatic rings. The van der Waals surface area contributed by atoms with Crippen molar-refractivity contribution in [1.82, 2.24) is 5.32 Å². The zero-order valence-corrected chi connectivity index (χ0v) is 35.0. The van der Waals surface area contributed by atoms with E-state index in [9.17, 15) is 19.8 Å². The smallest absolute Gasteiger partial charge is 0.305 e. The first-order valence-corrected chi connectivity index (χ1v) is 22.8. The monoisotopic (exact) mass is 746 g/mol. The fourth-order valence-electron chi connectivity index (χ4n) is 6.56. The predicted octanol–water partition coefficient (Wildman–Crippen LogP) is 12.9. The second kappa shape index (κ2) is 42.8. The van der Waals surface area contributed by atoms with Crippen LogP contribution >= 0.6 is 0 Å². The summed E-state index contributed by atoms with van der Waals surface area (Å²) in [7, 11) is 0. The van der Waals surface area contributed by atoms with E-state index in [1.54, 1.807) is 6.08 Å². The molecule has 0 saturated carbocycles. The van der Waals surface area contributed by atoms with Crippen LogP contribution < -0.4 is 5.32 Å². The minimum atomic E-state index is -0.875. The Morgan fingerprint density at radius 3 is 1.43 bits per heavy atom. The molecule has 0 aromatic carbocycles. The highest BCUT2D eigenvalue weighted by Crippen LogP contribution is 2.14. The van der Waals surface area contributed by atoms with Gasteiger partial charge < -0.3 is 20.3 Å². The maximum Gasteiger partial charge on any atom is 0.305 e. The van der Waals surface area contributed by atoms with E-state index in [0.717, 1.165) is 70.6 Å². The quantitative estimate of drug-likeness (QED) is 0.0329. The maximum absolute atomic E-state index is 12.4. The summed E-state index contributed by atoms with van der Waals surface area (Å²) in [4.78, 5) is 24.3. The summed E-state index contributed by atoms with van der Waals surface area (Å²) in [5.74, 6) is -0.180. The number of unbranched alkanes of at least 4 members (excludes halogenated alkanes) is 26. The van der Waals surface area contributed by atoms with Crippen LogP contribution in [0.15, 0.2) is 36.5 Å². The van der Waals surface area contributed by atoms with Crippen molar-refractivity contribution in [2.45, 2.75) is 238 Å². The zero-order valence-electron chi connectivity index (χ0n) is 35.0. The number of aliphatic hydroxyl groups excluding tert-OH is 2. The summed E-state index contributed by atoms with van der Waals surface area (Å²) in [5.41, 5.74) is 0. The molecular weight excluding hydrogens is 659 g/mol. The Balaban J connectivity index is 3.63. The summed E-state index contributed by atoms with van der Waals surface area (Å²) in [6.45, 7) is 4.75. The molecule has 6 nitrogen and oxygen atoms in total. The highest BCUT2D eigenvalue weighted by Gasteiger charge is 2.17. The molecular formula is C47H87NO5. The molecule has 0 radical (unpaired) electrons. The number of ether oxygens (including phenoxy) is 1. The summed E-state index contributed by atoms with van der Waals surface area (Å²) in [6.07, 6.45) is 49.9. The van der Waals surface area contributed by atoms with E-state index in [0.29, 0.717) is 19.4 Å². The number of esters is 1. The van der Waals surface area contributed by atoms with Crippen molar-refractivity contribution in [3.05, 3.63) is 36.5 Å². The first kappa shape index (κ1) is 51.1. The minimum absolute atomic E-state index is 0.0500. The number of rotatable bonds is 41. The lowest BCUT2D eigenvalue weighted by Crippen LogP contribution is -2.45. The molecule has 0 aromatic rings. The number of nitrogens with one attached hydrogen (secondary N) is 1. The summed E-state index contributed by atoms with van der Waals surface area (Å²) in [5, 5.41) is 23.0. The Bertz CT molecular complexity index is 869. The second-order valence-electron chi connectivity index (χ2n) is 15.4. The van der Waals surface area contributed by atoms with Crippen molar-refractivity contribution in [2.75, 3.05) is 13.2 Å². The van der Waals surface area contributed by atoms with Crippen LogP contribution in [0.5, 0.6) is 0 Å². The molecule has 2 atom stereocenters. The third kappa shape index (κ3) is 39.6. The summed E-state index contributed by atoms with van der Waals surface area (Å²) in [6, 6.07) is -0.665. The van der Waals surface area contributed by atoms with Crippen LogP contribution in [-0.2, 0) is 14.3 Å². The molecule has 53 heavy (non-hydrogen) atoms. The summed E-state index contributed by atoms with van der Waals surface area (Å²) >= 11 is 0. The van der Waals surface area contributed by atoms with E-state index in [-0.39, 0.29) is 18.5 Å². The van der Waals surface area contributed by atoms with E-state index in [1.807, 2.05) is 6.08 Å². The van der Waals surface area contributed by atoms with Crippen LogP contribution in [0, 0.1) is 0 Å². The zero-order chi connectivity index (χ0) is 38.7. The highest BCUT2D eigenvalue weighted by molar-refractivity contribution is 5.76. The Morgan fingerprint density at radius 2 is 0.925 bits per heavy atom. The van der Waals surface area contributed by atoms with Gasteiger partial charge in [0.15, 0.2) is 0 Å². The van der Waals surface area contributed by atoms with Crippen molar-refractivity contribution in [1.29, 1.82) is 0 Å². The number of hydrogen-bond acceptors (Lipinski definition) is 5. The first-order valence-electron chi connectivity index (χ1n) is 22.8. The molecule has 1 amide bonds. The van der Waals surface area contributed by atoms with E-state index in [2.05, 4.69) is 43.5 Å². The van der Waals surface area contributed by atoms with Gasteiger partial charge in [0.2, 0.25) is 5.91 Å². The molecule has 310 valence electrons. The van der Waals surface area contributed by atoms with Gasteiger partial charge in [0.1, 0.15) is 0 Å². The highest BCUT2D eigenvalue weighted by atomic mass is 16.5. The maximum atomic E-state index is 12.4. The van der Waals surface area contributed by atoms with Gasteiger partial charge in [-0.3, -0.25) is 9.59 Å². The Morgan fingerprint density at radius 1 is 0.509 bits per heavy atom. The number of carbonyl (C=O) groups excluding carboxylic acids is 2. The molecule has 0 heterocycles. The number of hydrogen-bond donors (Lipinski definition) is 3. The predicted molar refractivity (Wildman–Crippen MR) is 227 cm³/mol. The SMILES string of the molecule is CCCC/C=C\CCCCCCCC(=O)OCCCCCC/C=C\CCCC(=O)NC(CO)C(O)/C=C/CCCCCCCCCCCCCCCC. The van der Waals surface area contributed by atoms with Gasteiger partial charge >= 0.3 is 5.97 Å². The van der Waals surface area contributed by atoms with E-state index < -0.39 is 12.1 Å². The third-order valence-corrected chi connectivity index (χ3v) is 10.1. The molecule has 0 aliphatic carbocycles. The normalized spacial score (nSPS) is 13.1. The molecule has 3 N–H and O–H groups in total. The summed E-state index contributed by atoms with van der Waals surface area (Å²) < 4.78 is 5.40. The molecule has 0 aliphatic heterocycles. The van der Waals surface area contributed by atoms with Gasteiger partial charge in [-0.15, -0.1) is 0 Å². The Labute approximate surface area is 328 Å². The molecule has 0 fully saturated rings. The van der Waals surface area contributed by atoms with Gasteiger partial charge in [0, 0.05) is 12.8 Å². The number of allylic oxidation sites excluding steroid dienone is 5. The number of amides is 1. The first-order chi connectivity index (χ1) is 26.0. The number of aliphatic hydroxyl groups is 2. The van der Waals surface area contributed by atoms with E-state index in [1.165, 1.54) is 128 Å². The topological polar surface area (TPSA) is 95.9 Å². The molecule has 0 aromatic heterocycles. The van der Waals surface area contributed by atoms with Gasteiger partial charge in [-0.25, -0.2) is 0 Å². The lowest BCUT2D eigenvalue weighted by Gasteiger charge is -2.19. The third-order valence-electron chi connectivity index (χ3n) is 10.1. The lowest BCUT2D eigenvalue weighted by atomic mass is 10.0. The van der Waals surface area contributed by atoms with E-state index >= 15 is 0 Å². The van der Waals surface area contributed by atoms with Crippen molar-refractivity contribution < 1.29 is 24.5 Å². The van der Waals surface area contributed by atoms with Crippen molar-refractivity contribution in [2.24, 2.45) is 0 Å². The van der Waals surface area contributed by atoms with Crippen LogP contribution in [0.1, 0.15) is 226 Å². The molecule has 0 saturated heterocycles.